The lowest BCUT2D eigenvalue weighted by Gasteiger charge is -2.58. The fourth-order valence-electron chi connectivity index (χ4n) is 6.82. The van der Waals surface area contributed by atoms with Crippen molar-refractivity contribution in [1.82, 2.24) is 0 Å². The van der Waals surface area contributed by atoms with E-state index in [-0.39, 0.29) is 22.5 Å². The third kappa shape index (κ3) is 1.92. The molecular formula is C21H27NO2. The Balaban J connectivity index is 1.77. The molecule has 128 valence electrons. The molecule has 0 amide bonds. The zero-order valence-corrected chi connectivity index (χ0v) is 14.7. The zero-order valence-electron chi connectivity index (χ0n) is 14.7. The minimum Gasteiger partial charge on any atom is -0.515 e. The highest BCUT2D eigenvalue weighted by Crippen LogP contribution is 2.67. The number of nitrogens with zero attached hydrogens (tertiary/aromatic N) is 1. The highest BCUT2D eigenvalue weighted by atomic mass is 16.2. The van der Waals surface area contributed by atoms with Gasteiger partial charge in [0.1, 0.15) is 0 Å². The molecule has 0 radical (unpaired) electrons. The molecule has 0 heterocycles. The summed E-state index contributed by atoms with van der Waals surface area (Å²) in [5.74, 6) is 2.08. The second-order valence-corrected chi connectivity index (χ2v) is 8.98. The standard InChI is InChI=1S/C21H27NO2/c1-20-8-6-18-16(17(20)4-3-14(20)11-22)9-13(12-23)19-10-15(24)5-7-21(18,19)2/h10,12,14,16-18,23H,3-9H2,1-2H3/t14?,16-,17-,18+,20+,21+/m0/s1. The molecule has 6 atom stereocenters. The monoisotopic (exact) mass is 325 g/mol. The molecule has 0 aromatic heterocycles. The Bertz CT molecular complexity index is 684. The van der Waals surface area contributed by atoms with Crippen LogP contribution in [0.25, 0.3) is 0 Å². The summed E-state index contributed by atoms with van der Waals surface area (Å²) in [5, 5.41) is 19.4. The Morgan fingerprint density at radius 2 is 2.04 bits per heavy atom. The van der Waals surface area contributed by atoms with Crippen LogP contribution in [0.15, 0.2) is 23.5 Å². The van der Waals surface area contributed by atoms with Gasteiger partial charge in [-0.2, -0.15) is 5.26 Å². The number of hydrogen-bond donors (Lipinski definition) is 1. The zero-order chi connectivity index (χ0) is 17.1. The minimum atomic E-state index is 0.0114. The van der Waals surface area contributed by atoms with Crippen molar-refractivity contribution in [3.05, 3.63) is 23.5 Å². The first-order valence-corrected chi connectivity index (χ1v) is 9.42. The van der Waals surface area contributed by atoms with E-state index in [1.165, 1.54) is 6.26 Å². The van der Waals surface area contributed by atoms with Crippen molar-refractivity contribution in [2.45, 2.75) is 58.8 Å². The van der Waals surface area contributed by atoms with Gasteiger partial charge in [-0.15, -0.1) is 0 Å². The topological polar surface area (TPSA) is 61.1 Å². The fourth-order valence-corrected chi connectivity index (χ4v) is 6.82. The van der Waals surface area contributed by atoms with Crippen molar-refractivity contribution >= 4 is 5.78 Å². The maximum absolute atomic E-state index is 12.0. The van der Waals surface area contributed by atoms with Crippen LogP contribution in [0.5, 0.6) is 0 Å². The van der Waals surface area contributed by atoms with Gasteiger partial charge in [0, 0.05) is 6.42 Å². The van der Waals surface area contributed by atoms with Crippen LogP contribution in [-0.2, 0) is 4.79 Å². The lowest BCUT2D eigenvalue weighted by molar-refractivity contribution is -0.117. The van der Waals surface area contributed by atoms with E-state index in [2.05, 4.69) is 19.9 Å². The molecule has 24 heavy (non-hydrogen) atoms. The van der Waals surface area contributed by atoms with E-state index in [1.54, 1.807) is 0 Å². The number of rotatable bonds is 0. The Hall–Kier alpha value is -1.56. The normalized spacial score (nSPS) is 49.0. The van der Waals surface area contributed by atoms with Gasteiger partial charge in [0.25, 0.3) is 0 Å². The van der Waals surface area contributed by atoms with E-state index in [9.17, 15) is 15.2 Å². The molecule has 0 spiro atoms. The van der Waals surface area contributed by atoms with Gasteiger partial charge in [0.05, 0.1) is 18.2 Å². The summed E-state index contributed by atoms with van der Waals surface area (Å²) in [6.07, 6.45) is 9.91. The molecule has 0 aromatic carbocycles. The van der Waals surface area contributed by atoms with Crippen molar-refractivity contribution in [3.8, 4) is 6.07 Å². The van der Waals surface area contributed by atoms with Crippen LogP contribution in [-0.4, -0.2) is 10.9 Å². The molecule has 3 heteroatoms. The van der Waals surface area contributed by atoms with Crippen LogP contribution in [0.4, 0.5) is 0 Å². The van der Waals surface area contributed by atoms with Gasteiger partial charge in [-0.3, -0.25) is 4.79 Å². The molecule has 0 bridgehead atoms. The smallest absolute Gasteiger partial charge is 0.156 e. The molecule has 1 unspecified atom stereocenters. The molecule has 3 saturated carbocycles. The average molecular weight is 325 g/mol. The van der Waals surface area contributed by atoms with Crippen LogP contribution in [0.1, 0.15) is 58.8 Å². The molecular weight excluding hydrogens is 298 g/mol. The highest BCUT2D eigenvalue weighted by molar-refractivity contribution is 5.92. The Kier molecular flexibility index (Phi) is 3.46. The fraction of sp³-hybridized carbons (Fsp3) is 0.714. The third-order valence-corrected chi connectivity index (χ3v) is 8.18. The maximum atomic E-state index is 12.0. The summed E-state index contributed by atoms with van der Waals surface area (Å²) in [4.78, 5) is 12.0. The number of nitriles is 1. The van der Waals surface area contributed by atoms with Crippen LogP contribution in [0.2, 0.25) is 0 Å². The summed E-state index contributed by atoms with van der Waals surface area (Å²) in [6.45, 7) is 4.64. The van der Waals surface area contributed by atoms with Gasteiger partial charge >= 0.3 is 0 Å². The van der Waals surface area contributed by atoms with E-state index in [0.29, 0.717) is 24.2 Å². The number of aliphatic hydroxyl groups is 1. The van der Waals surface area contributed by atoms with Crippen molar-refractivity contribution in [1.29, 1.82) is 5.26 Å². The van der Waals surface area contributed by atoms with Crippen LogP contribution < -0.4 is 0 Å². The maximum Gasteiger partial charge on any atom is 0.156 e. The summed E-state index contributed by atoms with van der Waals surface area (Å²) in [7, 11) is 0. The molecule has 4 aliphatic carbocycles. The van der Waals surface area contributed by atoms with E-state index in [1.807, 2.05) is 6.08 Å². The predicted molar refractivity (Wildman–Crippen MR) is 91.9 cm³/mol. The van der Waals surface area contributed by atoms with Gasteiger partial charge in [-0.05, 0) is 84.3 Å². The summed E-state index contributed by atoms with van der Waals surface area (Å²) >= 11 is 0. The lowest BCUT2D eigenvalue weighted by atomic mass is 9.46. The molecule has 4 aliphatic rings. The van der Waals surface area contributed by atoms with Crippen LogP contribution in [0, 0.1) is 45.8 Å². The van der Waals surface area contributed by atoms with Crippen molar-refractivity contribution in [2.75, 3.05) is 0 Å². The molecule has 3 nitrogen and oxygen atoms in total. The van der Waals surface area contributed by atoms with Gasteiger partial charge in [-0.25, -0.2) is 0 Å². The SMILES string of the molecule is C[C@]12CCC(=O)C=C1C(=CO)C[C@@H]1[C@H]2CC[C@]2(C)C(C#N)CC[C@@H]12. The second-order valence-electron chi connectivity index (χ2n) is 8.98. The molecule has 0 saturated heterocycles. The lowest BCUT2D eigenvalue weighted by Crippen LogP contribution is -2.51. The van der Waals surface area contributed by atoms with Crippen molar-refractivity contribution in [2.24, 2.45) is 34.5 Å². The number of allylic oxidation sites excluding steroid dienone is 2. The Morgan fingerprint density at radius 1 is 1.25 bits per heavy atom. The molecule has 1 N–H and O–H groups in total. The first kappa shape index (κ1) is 15.9. The Labute approximate surface area is 144 Å². The summed E-state index contributed by atoms with van der Waals surface area (Å²) < 4.78 is 0. The van der Waals surface area contributed by atoms with E-state index < -0.39 is 0 Å². The first-order chi connectivity index (χ1) is 11.4. The summed E-state index contributed by atoms with van der Waals surface area (Å²) in [6, 6.07) is 2.58. The second kappa shape index (κ2) is 5.22. The van der Waals surface area contributed by atoms with E-state index in [0.717, 1.165) is 49.7 Å². The average Bonchev–Trinajstić information content (AvgIpc) is 2.91. The number of fused-ring (bicyclic) bond motifs is 5. The first-order valence-electron chi connectivity index (χ1n) is 9.42. The molecule has 4 rings (SSSR count). The number of carbonyl (C=O) groups excluding carboxylic acids is 1. The minimum absolute atomic E-state index is 0.0114. The van der Waals surface area contributed by atoms with Crippen LogP contribution >= 0.6 is 0 Å². The largest absolute Gasteiger partial charge is 0.515 e. The van der Waals surface area contributed by atoms with E-state index >= 15 is 0 Å². The number of ketones is 1. The van der Waals surface area contributed by atoms with Crippen molar-refractivity contribution < 1.29 is 9.90 Å². The molecule has 3 fully saturated rings. The highest BCUT2D eigenvalue weighted by Gasteiger charge is 2.59. The third-order valence-electron chi connectivity index (χ3n) is 8.18. The number of hydrogen-bond acceptors (Lipinski definition) is 3. The van der Waals surface area contributed by atoms with Gasteiger partial charge in [0.15, 0.2) is 5.78 Å². The van der Waals surface area contributed by atoms with E-state index in [4.69, 9.17) is 0 Å². The van der Waals surface area contributed by atoms with Gasteiger partial charge in [-0.1, -0.05) is 13.8 Å². The number of carbonyl (C=O) groups is 1. The van der Waals surface area contributed by atoms with Gasteiger partial charge in [0.2, 0.25) is 0 Å². The Morgan fingerprint density at radius 3 is 2.75 bits per heavy atom. The predicted octanol–water partition coefficient (Wildman–Crippen LogP) is 4.71. The van der Waals surface area contributed by atoms with Gasteiger partial charge < -0.3 is 5.11 Å². The quantitative estimate of drug-likeness (QED) is 0.656. The molecule has 0 aliphatic heterocycles. The summed E-state index contributed by atoms with van der Waals surface area (Å²) in [5.41, 5.74) is 2.22. The van der Waals surface area contributed by atoms with Crippen molar-refractivity contribution in [3.63, 3.8) is 0 Å². The number of aliphatic hydroxyl groups excluding tert-OH is 1. The molecule has 0 aromatic rings. The van der Waals surface area contributed by atoms with Crippen LogP contribution in [0.3, 0.4) is 0 Å².